The fourth-order valence-electron chi connectivity index (χ4n) is 0.689. The van der Waals surface area contributed by atoms with Gasteiger partial charge >= 0.3 is 7.40 Å². The van der Waals surface area contributed by atoms with Crippen molar-refractivity contribution >= 4 is 7.40 Å². The third-order valence-corrected chi connectivity index (χ3v) is 1.49. The van der Waals surface area contributed by atoms with Crippen LogP contribution in [0.4, 0.5) is 4.32 Å². The van der Waals surface area contributed by atoms with E-state index in [1.165, 1.54) is 0 Å². The summed E-state index contributed by atoms with van der Waals surface area (Å²) < 4.78 is 22.1. The van der Waals surface area contributed by atoms with Gasteiger partial charge in [0.25, 0.3) is 0 Å². The van der Waals surface area contributed by atoms with Gasteiger partial charge in [-0.15, -0.1) is 0 Å². The van der Waals surface area contributed by atoms with Crippen molar-refractivity contribution in [3.05, 3.63) is 0 Å². The van der Waals surface area contributed by atoms with Crippen molar-refractivity contribution in [1.29, 1.82) is 0 Å². The van der Waals surface area contributed by atoms with Crippen molar-refractivity contribution < 1.29 is 13.6 Å². The number of hydrogen-bond donors (Lipinski definition) is 0. The molecule has 0 unspecified atom stereocenters. The van der Waals surface area contributed by atoms with Crippen LogP contribution < -0.4 is 0 Å². The molecule has 0 rings (SSSR count). The van der Waals surface area contributed by atoms with E-state index in [1.807, 2.05) is 13.8 Å². The summed E-state index contributed by atoms with van der Waals surface area (Å²) >= 11 is 0. The van der Waals surface area contributed by atoms with Crippen molar-refractivity contribution in [3.8, 4) is 0 Å². The topological polar surface area (TPSA) is 18.5 Å². The van der Waals surface area contributed by atoms with Gasteiger partial charge in [-0.05, 0) is 12.8 Å². The van der Waals surface area contributed by atoms with Gasteiger partial charge in [0, 0.05) is 13.2 Å². The maximum absolute atomic E-state index is 12.6. The van der Waals surface area contributed by atoms with Crippen molar-refractivity contribution in [1.82, 2.24) is 0 Å². The zero-order valence-electron chi connectivity index (χ0n) is 8.01. The Morgan fingerprint density at radius 1 is 1.00 bits per heavy atom. The summed E-state index contributed by atoms with van der Waals surface area (Å²) in [4.78, 5) is 0. The van der Waals surface area contributed by atoms with E-state index < -0.39 is 7.40 Å². The minimum Gasteiger partial charge on any atom is -0.382 e. The highest BCUT2D eigenvalue weighted by atomic mass is 19.1. The molecule has 0 aliphatic carbocycles. The first-order chi connectivity index (χ1) is 5.81. The second-order valence-corrected chi connectivity index (χ2v) is 2.72. The molecule has 0 saturated heterocycles. The van der Waals surface area contributed by atoms with Crippen molar-refractivity contribution in [2.75, 3.05) is 13.2 Å². The molecule has 4 heteroatoms. The summed E-state index contributed by atoms with van der Waals surface area (Å²) in [5, 5.41) is 0. The Bertz CT molecular complexity index is 83.1. The van der Waals surface area contributed by atoms with Gasteiger partial charge in [0.2, 0.25) is 0 Å². The van der Waals surface area contributed by atoms with E-state index in [9.17, 15) is 4.32 Å². The molecule has 0 N–H and O–H groups in total. The molecule has 0 amide bonds. The fraction of sp³-hybridized carbons (Fsp3) is 1.00. The van der Waals surface area contributed by atoms with Gasteiger partial charge in [0.1, 0.15) is 0 Å². The van der Waals surface area contributed by atoms with E-state index in [0.29, 0.717) is 13.2 Å². The fourth-order valence-corrected chi connectivity index (χ4v) is 0.689. The highest BCUT2D eigenvalue weighted by Crippen LogP contribution is 1.97. The van der Waals surface area contributed by atoms with E-state index in [2.05, 4.69) is 0 Å². The second kappa shape index (κ2) is 9.01. The van der Waals surface area contributed by atoms with Gasteiger partial charge in [0.15, 0.2) is 0 Å². The van der Waals surface area contributed by atoms with Gasteiger partial charge in [-0.3, -0.25) is 4.32 Å². The van der Waals surface area contributed by atoms with Gasteiger partial charge in [0.05, 0.1) is 0 Å². The number of hydrogen-bond acceptors (Lipinski definition) is 2. The average Bonchev–Trinajstić information content (AvgIpc) is 2.06. The highest BCUT2D eigenvalue weighted by Gasteiger charge is 2.16. The first-order valence-electron chi connectivity index (χ1n) is 4.68. The molecule has 0 saturated carbocycles. The Morgan fingerprint density at radius 2 is 1.42 bits per heavy atom. The van der Waals surface area contributed by atoms with Crippen LogP contribution >= 0.6 is 0 Å². The van der Waals surface area contributed by atoms with Crippen LogP contribution in [0.2, 0.25) is 0 Å². The Balaban J connectivity index is 3.04. The van der Waals surface area contributed by atoms with E-state index in [4.69, 9.17) is 9.31 Å². The molecule has 72 valence electrons. The molecule has 0 atom stereocenters. The zero-order valence-corrected chi connectivity index (χ0v) is 8.01. The molecule has 0 heterocycles. The van der Waals surface area contributed by atoms with E-state index in [1.54, 1.807) is 0 Å². The van der Waals surface area contributed by atoms with Crippen molar-refractivity contribution in [2.24, 2.45) is 0 Å². The first kappa shape index (κ1) is 11.9. The van der Waals surface area contributed by atoms with Crippen LogP contribution in [0.5, 0.6) is 0 Å². The smallest absolute Gasteiger partial charge is 0.382 e. The Morgan fingerprint density at radius 3 is 1.75 bits per heavy atom. The van der Waals surface area contributed by atoms with Crippen molar-refractivity contribution in [3.63, 3.8) is 0 Å². The van der Waals surface area contributed by atoms with Crippen LogP contribution in [0.3, 0.4) is 0 Å². The normalized spacial score (nSPS) is 10.2. The van der Waals surface area contributed by atoms with Crippen LogP contribution in [-0.4, -0.2) is 20.6 Å². The number of unbranched alkanes of at least 4 members (excludes halogenated alkanes) is 2. The van der Waals surface area contributed by atoms with E-state index in [-0.39, 0.29) is 0 Å². The molecule has 0 aliphatic rings. The third-order valence-electron chi connectivity index (χ3n) is 1.49. The third kappa shape index (κ3) is 8.02. The number of halogens is 1. The lowest BCUT2D eigenvalue weighted by atomic mass is 10.2. The van der Waals surface area contributed by atoms with Gasteiger partial charge in [-0.25, -0.2) is 0 Å². The lowest BCUT2D eigenvalue weighted by molar-refractivity contribution is 0.158. The van der Waals surface area contributed by atoms with Crippen molar-refractivity contribution in [2.45, 2.75) is 39.5 Å². The largest absolute Gasteiger partial charge is 0.680 e. The van der Waals surface area contributed by atoms with Crippen LogP contribution in [0, 0.1) is 0 Å². The zero-order chi connectivity index (χ0) is 9.23. The molecule has 0 aromatic carbocycles. The molecular weight excluding hydrogens is 158 g/mol. The molecular formula is C8H18BFO2. The van der Waals surface area contributed by atoms with E-state index >= 15 is 0 Å². The predicted molar refractivity (Wildman–Crippen MR) is 48.6 cm³/mol. The molecule has 12 heavy (non-hydrogen) atoms. The van der Waals surface area contributed by atoms with Gasteiger partial charge in [-0.2, -0.15) is 0 Å². The van der Waals surface area contributed by atoms with Gasteiger partial charge in [-0.1, -0.05) is 26.7 Å². The summed E-state index contributed by atoms with van der Waals surface area (Å²) in [6, 6.07) is 0. The molecule has 0 fully saturated rings. The summed E-state index contributed by atoms with van der Waals surface area (Å²) in [5.41, 5.74) is 0. The highest BCUT2D eigenvalue weighted by molar-refractivity contribution is 6.35. The Hall–Kier alpha value is -0.0851. The molecule has 0 aromatic rings. The summed E-state index contributed by atoms with van der Waals surface area (Å²) in [6.45, 7) is 4.97. The maximum atomic E-state index is 12.6. The lowest BCUT2D eigenvalue weighted by Gasteiger charge is -2.05. The summed E-state index contributed by atoms with van der Waals surface area (Å²) in [5.74, 6) is 0. The average molecular weight is 176 g/mol. The SMILES string of the molecule is CCCCOB(F)OCCCC. The van der Waals surface area contributed by atoms with Crippen LogP contribution in [0.15, 0.2) is 0 Å². The Kier molecular flexibility index (Phi) is 8.94. The molecule has 0 spiro atoms. The molecule has 0 aromatic heterocycles. The van der Waals surface area contributed by atoms with Crippen LogP contribution in [0.1, 0.15) is 39.5 Å². The molecule has 2 nitrogen and oxygen atoms in total. The predicted octanol–water partition coefficient (Wildman–Crippen LogP) is 2.57. The minimum atomic E-state index is -1.52. The summed E-state index contributed by atoms with van der Waals surface area (Å²) in [7, 11) is -1.52. The molecule has 0 radical (unpaired) electrons. The molecule has 0 bridgehead atoms. The first-order valence-corrected chi connectivity index (χ1v) is 4.68. The Labute approximate surface area is 74.6 Å². The monoisotopic (exact) mass is 176 g/mol. The lowest BCUT2D eigenvalue weighted by Crippen LogP contribution is -2.18. The van der Waals surface area contributed by atoms with E-state index in [0.717, 1.165) is 25.7 Å². The standard InChI is InChI=1S/C8H18BFO2/c1-3-5-7-11-9(10)12-8-6-4-2/h3-8H2,1-2H3. The maximum Gasteiger partial charge on any atom is 0.680 e. The molecule has 0 aliphatic heterocycles. The van der Waals surface area contributed by atoms with Crippen LogP contribution in [0.25, 0.3) is 0 Å². The summed E-state index contributed by atoms with van der Waals surface area (Å²) in [6.07, 6.45) is 3.80. The van der Waals surface area contributed by atoms with Gasteiger partial charge < -0.3 is 9.31 Å². The number of rotatable bonds is 8. The quantitative estimate of drug-likeness (QED) is 0.418. The second-order valence-electron chi connectivity index (χ2n) is 2.72. The minimum absolute atomic E-state index is 0.448. The van der Waals surface area contributed by atoms with Crippen LogP contribution in [-0.2, 0) is 9.31 Å².